The van der Waals surface area contributed by atoms with E-state index in [9.17, 15) is 43.2 Å². The number of ether oxygens (including phenoxy) is 4. The molecule has 0 aromatic rings. The van der Waals surface area contributed by atoms with Crippen LogP contribution < -0.4 is 0 Å². The monoisotopic (exact) mass is 1480 g/mol. The second kappa shape index (κ2) is 75.7. The molecule has 0 rings (SSSR count). The third-order valence-corrected chi connectivity index (χ3v) is 19.6. The van der Waals surface area contributed by atoms with E-state index in [-0.39, 0.29) is 25.7 Å². The number of phosphoric ester groups is 2. The zero-order valence-electron chi connectivity index (χ0n) is 65.0. The first-order valence-electron chi connectivity index (χ1n) is 41.2. The Balaban J connectivity index is 5.32. The number of carbonyl (C=O) groups is 4. The molecule has 5 atom stereocenters. The molecule has 0 saturated heterocycles. The van der Waals surface area contributed by atoms with Crippen LogP contribution in [0, 0.1) is 0 Å². The Hall–Kier alpha value is -3.50. The minimum absolute atomic E-state index is 0.0835. The van der Waals surface area contributed by atoms with Gasteiger partial charge in [0.25, 0.3) is 0 Å². The van der Waals surface area contributed by atoms with Crippen molar-refractivity contribution in [1.82, 2.24) is 0 Å². The van der Waals surface area contributed by atoms with Gasteiger partial charge in [-0.05, 0) is 89.9 Å². The van der Waals surface area contributed by atoms with Crippen LogP contribution >= 0.6 is 15.6 Å². The summed E-state index contributed by atoms with van der Waals surface area (Å²) in [6.07, 6.45) is 77.3. The van der Waals surface area contributed by atoms with E-state index < -0.39 is 97.5 Å². The van der Waals surface area contributed by atoms with Gasteiger partial charge in [0.05, 0.1) is 26.4 Å². The maximum absolute atomic E-state index is 13.1. The summed E-state index contributed by atoms with van der Waals surface area (Å²) in [4.78, 5) is 73.1. The van der Waals surface area contributed by atoms with E-state index in [0.717, 1.165) is 161 Å². The third-order valence-electron chi connectivity index (χ3n) is 17.7. The number of hydrogen-bond acceptors (Lipinski definition) is 15. The molecule has 0 fully saturated rings. The first-order chi connectivity index (χ1) is 49.7. The summed E-state index contributed by atoms with van der Waals surface area (Å²) in [5.74, 6) is -2.17. The molecule has 0 spiro atoms. The number of hydrogen-bond donors (Lipinski definition) is 3. The summed E-state index contributed by atoms with van der Waals surface area (Å²) in [5, 5.41) is 10.6. The lowest BCUT2D eigenvalue weighted by Gasteiger charge is -2.21. The SMILES string of the molecule is CC/C=C\C/C=C\C/C=C\C/C=C\CCCCCCCCC(=O)OCC(COP(=O)(O)OCC(O)COP(=O)(O)OCC(COC(=O)CCCCCCCCCCCCCCCCC)OC(=O)CCCCCCC/C=C\C/C=C\CCC)OC(=O)CCCCCCCCCCCCCCCCC. The van der Waals surface area contributed by atoms with Crippen molar-refractivity contribution in [2.45, 2.75) is 393 Å². The smallest absolute Gasteiger partial charge is 0.462 e. The van der Waals surface area contributed by atoms with Gasteiger partial charge in [-0.1, -0.05) is 332 Å². The van der Waals surface area contributed by atoms with Crippen LogP contribution in [0.5, 0.6) is 0 Å². The number of unbranched alkanes of at least 4 members (excludes halogenated alkanes) is 40. The molecule has 0 aliphatic carbocycles. The van der Waals surface area contributed by atoms with Crippen molar-refractivity contribution in [3.05, 3.63) is 72.9 Å². The fourth-order valence-corrected chi connectivity index (χ4v) is 13.0. The molecule has 3 N–H and O–H groups in total. The van der Waals surface area contributed by atoms with Crippen LogP contribution in [0.25, 0.3) is 0 Å². The van der Waals surface area contributed by atoms with E-state index >= 15 is 0 Å². The standard InChI is InChI=1S/C83H150O17P2/c1-5-9-13-17-21-25-29-33-36-37-38-39-42-45-48-52-56-60-64-68-81(86)94-74-79(100-83(88)70-66-62-58-54-50-46-41-35-31-27-23-19-15-11-7-3)76-98-102(91,92)96-72-77(84)71-95-101(89,90)97-75-78(99-82(87)69-65-61-57-53-49-43-32-28-24-20-16-12-8-4)73-93-80(85)67-63-59-55-51-47-44-40-34-30-26-22-18-14-10-6-2/h9,13,16,20-21,25,28,32-33,36,38-39,77-79,84H,5-8,10-12,14-15,17-19,22-24,26-27,29-31,34-35,37,40-76H2,1-4H3,(H,89,90)(H,91,92)/b13-9-,20-16-,25-21-,32-28-,36-33-,39-38-. The highest BCUT2D eigenvalue weighted by atomic mass is 31.2. The Labute approximate surface area is 622 Å². The van der Waals surface area contributed by atoms with Gasteiger partial charge in [0.1, 0.15) is 19.3 Å². The molecular weight excluding hydrogens is 1330 g/mol. The van der Waals surface area contributed by atoms with Crippen LogP contribution in [-0.4, -0.2) is 96.7 Å². The molecule has 102 heavy (non-hydrogen) atoms. The van der Waals surface area contributed by atoms with Gasteiger partial charge in [0.15, 0.2) is 12.2 Å². The maximum Gasteiger partial charge on any atom is 0.472 e. The molecule has 0 aliphatic rings. The number of esters is 4. The van der Waals surface area contributed by atoms with Gasteiger partial charge in [0, 0.05) is 25.7 Å². The molecule has 19 heteroatoms. The van der Waals surface area contributed by atoms with Crippen molar-refractivity contribution < 1.29 is 80.2 Å². The molecule has 0 aliphatic heterocycles. The molecule has 0 amide bonds. The van der Waals surface area contributed by atoms with Gasteiger partial charge in [-0.25, -0.2) is 9.13 Å². The van der Waals surface area contributed by atoms with Crippen LogP contribution in [0.1, 0.15) is 374 Å². The fourth-order valence-electron chi connectivity index (χ4n) is 11.4. The molecule has 0 saturated carbocycles. The zero-order chi connectivity index (χ0) is 74.6. The molecule has 0 radical (unpaired) electrons. The van der Waals surface area contributed by atoms with Gasteiger partial charge in [0.2, 0.25) is 0 Å². The zero-order valence-corrected chi connectivity index (χ0v) is 66.8. The van der Waals surface area contributed by atoms with Crippen molar-refractivity contribution in [3.63, 3.8) is 0 Å². The van der Waals surface area contributed by atoms with Crippen molar-refractivity contribution in [1.29, 1.82) is 0 Å². The second-order valence-electron chi connectivity index (χ2n) is 27.7. The van der Waals surface area contributed by atoms with Crippen molar-refractivity contribution in [2.75, 3.05) is 39.6 Å². The summed E-state index contributed by atoms with van der Waals surface area (Å²) in [5.41, 5.74) is 0. The third kappa shape index (κ3) is 74.8. The van der Waals surface area contributed by atoms with E-state index in [1.54, 1.807) is 0 Å². The highest BCUT2D eigenvalue weighted by molar-refractivity contribution is 7.47. The average molecular weight is 1480 g/mol. The van der Waals surface area contributed by atoms with E-state index in [4.69, 9.17) is 37.0 Å². The first-order valence-corrected chi connectivity index (χ1v) is 44.2. The van der Waals surface area contributed by atoms with Crippen LogP contribution in [0.3, 0.4) is 0 Å². The Morgan fingerprint density at radius 3 is 0.824 bits per heavy atom. The number of phosphoric acid groups is 2. The largest absolute Gasteiger partial charge is 0.472 e. The highest BCUT2D eigenvalue weighted by Gasteiger charge is 2.30. The lowest BCUT2D eigenvalue weighted by molar-refractivity contribution is -0.161. The molecule has 0 aromatic heterocycles. The quantitative estimate of drug-likeness (QED) is 0.0169. The number of rotatable bonds is 78. The van der Waals surface area contributed by atoms with Crippen LogP contribution in [0.15, 0.2) is 72.9 Å². The van der Waals surface area contributed by atoms with Gasteiger partial charge in [-0.3, -0.25) is 37.3 Å². The number of aliphatic hydroxyl groups excluding tert-OH is 1. The molecule has 17 nitrogen and oxygen atoms in total. The maximum atomic E-state index is 13.1. The summed E-state index contributed by atoms with van der Waals surface area (Å²) in [7, 11) is -9.95. The van der Waals surface area contributed by atoms with Gasteiger partial charge in [-0.15, -0.1) is 0 Å². The van der Waals surface area contributed by atoms with E-state index in [1.165, 1.54) is 135 Å². The van der Waals surface area contributed by atoms with Gasteiger partial charge >= 0.3 is 39.5 Å². The second-order valence-corrected chi connectivity index (χ2v) is 30.6. The van der Waals surface area contributed by atoms with E-state index in [2.05, 4.69) is 101 Å². The summed E-state index contributed by atoms with van der Waals surface area (Å²) < 4.78 is 68.7. The Kier molecular flexibility index (Phi) is 73.1. The van der Waals surface area contributed by atoms with E-state index in [1.807, 2.05) is 0 Å². The van der Waals surface area contributed by atoms with Gasteiger partial charge in [-0.2, -0.15) is 0 Å². The molecule has 0 heterocycles. The lowest BCUT2D eigenvalue weighted by atomic mass is 10.0. The normalized spacial score (nSPS) is 14.2. The summed E-state index contributed by atoms with van der Waals surface area (Å²) in [6, 6.07) is 0. The predicted molar refractivity (Wildman–Crippen MR) is 418 cm³/mol. The fraction of sp³-hybridized carbons (Fsp3) is 0.807. The topological polar surface area (TPSA) is 237 Å². The van der Waals surface area contributed by atoms with Crippen molar-refractivity contribution in [2.24, 2.45) is 0 Å². The number of carbonyl (C=O) groups excluding carboxylic acids is 4. The minimum Gasteiger partial charge on any atom is -0.462 e. The number of aliphatic hydroxyl groups is 1. The Bertz CT molecular complexity index is 2210. The van der Waals surface area contributed by atoms with Gasteiger partial charge < -0.3 is 33.8 Å². The highest BCUT2D eigenvalue weighted by Crippen LogP contribution is 2.45. The van der Waals surface area contributed by atoms with E-state index in [0.29, 0.717) is 25.7 Å². The predicted octanol–water partition coefficient (Wildman–Crippen LogP) is 24.0. The van der Waals surface area contributed by atoms with Crippen LogP contribution in [0.2, 0.25) is 0 Å². The lowest BCUT2D eigenvalue weighted by Crippen LogP contribution is -2.30. The van der Waals surface area contributed by atoms with Crippen LogP contribution in [-0.2, 0) is 65.4 Å². The molecule has 594 valence electrons. The Morgan fingerprint density at radius 2 is 0.529 bits per heavy atom. The summed E-state index contributed by atoms with van der Waals surface area (Å²) >= 11 is 0. The molecule has 0 aromatic carbocycles. The minimum atomic E-state index is -4.98. The molecule has 5 unspecified atom stereocenters. The van der Waals surface area contributed by atoms with Crippen molar-refractivity contribution in [3.8, 4) is 0 Å². The van der Waals surface area contributed by atoms with Crippen molar-refractivity contribution >= 4 is 39.5 Å². The summed E-state index contributed by atoms with van der Waals surface area (Å²) in [6.45, 7) is 4.75. The molecule has 0 bridgehead atoms. The van der Waals surface area contributed by atoms with Crippen LogP contribution in [0.4, 0.5) is 0 Å². The molecular formula is C83H150O17P2. The average Bonchev–Trinajstić information content (AvgIpc) is 0.924. The first kappa shape index (κ1) is 98.5. The number of allylic oxidation sites excluding steroid dienone is 12. The Morgan fingerprint density at radius 1 is 0.284 bits per heavy atom.